The molecule has 0 spiro atoms. The second-order valence-electron chi connectivity index (χ2n) is 21.8. The molecule has 1 aliphatic rings. The van der Waals surface area contributed by atoms with E-state index in [9.17, 15) is 52.2 Å². The Morgan fingerprint density at radius 3 is 1.97 bits per heavy atom. The molecule has 2 atom stereocenters. The van der Waals surface area contributed by atoms with Crippen molar-refractivity contribution in [2.75, 3.05) is 143 Å². The van der Waals surface area contributed by atoms with Crippen LogP contribution >= 0.6 is 0 Å². The fourth-order valence-corrected chi connectivity index (χ4v) is 11.3. The number of pyridine rings is 1. The van der Waals surface area contributed by atoms with E-state index in [2.05, 4.69) is 41.3 Å². The number of carbonyl (C=O) groups excluding carboxylic acids is 4. The molecule has 90 heavy (non-hydrogen) atoms. The van der Waals surface area contributed by atoms with Crippen LogP contribution in [0, 0.1) is 27.9 Å². The largest absolute Gasteiger partial charge is 0.494 e. The summed E-state index contributed by atoms with van der Waals surface area (Å²) in [6.07, 6.45) is 8.04. The number of rotatable bonds is 39. The third-order valence-corrected chi connectivity index (χ3v) is 16.2. The first kappa shape index (κ1) is 73.6. The molecule has 1 saturated heterocycles. The summed E-state index contributed by atoms with van der Waals surface area (Å²) in [5.41, 5.74) is 6.80. The van der Waals surface area contributed by atoms with Crippen LogP contribution in [0.1, 0.15) is 72.0 Å². The number of carboxylic acid groups (broad SMARTS) is 2. The molecular formula is C60H90N14O15S. The second-order valence-corrected chi connectivity index (χ2v) is 23.4. The van der Waals surface area contributed by atoms with E-state index in [4.69, 9.17) is 38.8 Å². The number of unbranched alkanes of at least 4 members (excludes halogenated alkanes) is 1. The molecule has 0 bridgehead atoms. The van der Waals surface area contributed by atoms with Crippen molar-refractivity contribution in [3.63, 3.8) is 0 Å². The van der Waals surface area contributed by atoms with Crippen molar-refractivity contribution in [3.8, 4) is 5.75 Å². The first-order valence-corrected chi connectivity index (χ1v) is 31.7. The number of nitrogens with two attached hydrogens (primary N) is 1. The van der Waals surface area contributed by atoms with Crippen molar-refractivity contribution in [2.45, 2.75) is 82.3 Å². The van der Waals surface area contributed by atoms with Crippen LogP contribution < -0.4 is 47.2 Å². The van der Waals surface area contributed by atoms with Crippen LogP contribution in [0.2, 0.25) is 0 Å². The molecule has 1 unspecified atom stereocenters. The van der Waals surface area contributed by atoms with Crippen LogP contribution in [-0.2, 0) is 61.8 Å². The molecule has 1 fully saturated rings. The summed E-state index contributed by atoms with van der Waals surface area (Å²) in [7, 11) is 9.43. The highest BCUT2D eigenvalue weighted by Gasteiger charge is 2.30. The lowest BCUT2D eigenvalue weighted by Gasteiger charge is -2.31. The number of ether oxygens (including phenoxy) is 4. The Kier molecular flexibility index (Phi) is 32.1. The highest BCUT2D eigenvalue weighted by molar-refractivity contribution is 7.89. The van der Waals surface area contributed by atoms with Gasteiger partial charge in [-0.1, -0.05) is 6.07 Å². The molecule has 0 saturated carbocycles. The van der Waals surface area contributed by atoms with E-state index >= 15 is 0 Å². The normalized spacial score (nSPS) is 14.9. The first-order valence-electron chi connectivity index (χ1n) is 30.2. The molecule has 29 nitrogen and oxygen atoms in total. The number of H-pyrrole nitrogens is 1. The first-order chi connectivity index (χ1) is 43.1. The van der Waals surface area contributed by atoms with Crippen molar-refractivity contribution in [3.05, 3.63) is 95.5 Å². The molecule has 3 heterocycles. The lowest BCUT2D eigenvalue weighted by molar-refractivity contribution is -0.139. The average molecular weight is 1280 g/mol. The molecule has 11 N–H and O–H groups in total. The number of benzene rings is 2. The number of hydrogen-bond donors (Lipinski definition) is 10. The van der Waals surface area contributed by atoms with Gasteiger partial charge in [0.15, 0.2) is 5.95 Å². The van der Waals surface area contributed by atoms with Crippen LogP contribution in [0.15, 0.2) is 58.6 Å². The van der Waals surface area contributed by atoms with Crippen LogP contribution in [0.4, 0.5) is 5.95 Å². The maximum Gasteiger partial charge on any atom is 0.323 e. The van der Waals surface area contributed by atoms with Gasteiger partial charge in [-0.15, -0.1) is 0 Å². The standard InChI is InChI=1S/C60H90N14O15S/c1-43-35-46(36-44(2)56(43)90(84,85)69-50(59(82)83)39-66-57(80)48-40-72(5)51-37-45(13-14-47(51)55(48)79)38-67-60-64-18-19-65-60)89-30-8-12-52(75)62-16-9-28-86-31-33-88-34-32-87-29-10-17-63-58(81)49(11-6-7-15-61)68-53(76)41-73-24-22-70(3)20-21-71(4)23-25-74(27-26-73)42-54(77)78/h3-4,13-14,18-19,35-37,40,49-50,69H,6-12,15-17,20-34,38-39,41-42,61H2,1-2,5H3,(H,62,75)(H,63,81)(H,66,80)(H,68,76)(H,77,78)(H,82,83)(H2,64,65,67)/t49-,50?/m1/s1. The van der Waals surface area contributed by atoms with E-state index in [1.54, 1.807) is 56.9 Å². The quantitative estimate of drug-likeness (QED) is 0.0265. The molecule has 2 aromatic carbocycles. The summed E-state index contributed by atoms with van der Waals surface area (Å²) in [5.74, 6) is -3.28. The van der Waals surface area contributed by atoms with Gasteiger partial charge < -0.3 is 71.0 Å². The molecule has 4 radical (unpaired) electrons. The van der Waals surface area contributed by atoms with E-state index in [0.717, 1.165) is 5.56 Å². The maximum absolute atomic E-state index is 13.6. The number of aryl methyl sites for hydroxylation is 3. The predicted molar refractivity (Wildman–Crippen MR) is 335 cm³/mol. The fraction of sp³-hybridized carbons (Fsp3) is 0.567. The van der Waals surface area contributed by atoms with Crippen LogP contribution in [-0.4, -0.2) is 238 Å². The van der Waals surface area contributed by atoms with E-state index in [0.29, 0.717) is 174 Å². The third kappa shape index (κ3) is 26.4. The molecular weight excluding hydrogens is 1190 g/mol. The van der Waals surface area contributed by atoms with Gasteiger partial charge in [-0.2, -0.15) is 4.72 Å². The van der Waals surface area contributed by atoms with Crippen LogP contribution in [0.3, 0.4) is 0 Å². The van der Waals surface area contributed by atoms with Gasteiger partial charge in [0.25, 0.3) is 5.91 Å². The van der Waals surface area contributed by atoms with Crippen LogP contribution in [0.25, 0.3) is 10.9 Å². The van der Waals surface area contributed by atoms with Crippen molar-refractivity contribution in [1.29, 1.82) is 0 Å². The van der Waals surface area contributed by atoms with Crippen molar-refractivity contribution < 1.29 is 66.3 Å². The Bertz CT molecular complexity index is 3070. The third-order valence-electron chi connectivity index (χ3n) is 14.5. The number of imidazole rings is 1. The van der Waals surface area contributed by atoms with E-state index < -0.39 is 51.9 Å². The fourth-order valence-electron chi connectivity index (χ4n) is 9.68. The Balaban J connectivity index is 0.898. The van der Waals surface area contributed by atoms with Gasteiger partial charge >= 0.3 is 11.9 Å². The number of aromatic amines is 1. The Morgan fingerprint density at radius 1 is 0.744 bits per heavy atom. The van der Waals surface area contributed by atoms with Gasteiger partial charge in [0, 0.05) is 143 Å². The number of nitrogens with one attached hydrogen (secondary N) is 7. The van der Waals surface area contributed by atoms with Crippen molar-refractivity contribution in [2.24, 2.45) is 12.8 Å². The number of carbonyl (C=O) groups is 6. The molecule has 30 heteroatoms. The van der Waals surface area contributed by atoms with E-state index in [1.165, 1.54) is 32.2 Å². The highest BCUT2D eigenvalue weighted by Crippen LogP contribution is 2.26. The number of sulfonamides is 1. The molecule has 0 aliphatic carbocycles. The summed E-state index contributed by atoms with van der Waals surface area (Å²) in [6, 6.07) is 5.56. The summed E-state index contributed by atoms with van der Waals surface area (Å²) >= 11 is 0. The zero-order valence-corrected chi connectivity index (χ0v) is 52.6. The highest BCUT2D eigenvalue weighted by atomic mass is 32.2. The topological polar surface area (TPSA) is 376 Å². The molecule has 5 rings (SSSR count). The predicted octanol–water partition coefficient (Wildman–Crippen LogP) is 0.131. The van der Waals surface area contributed by atoms with E-state index in [-0.39, 0.29) is 70.8 Å². The average Bonchev–Trinajstić information content (AvgIpc) is 0.860. The van der Waals surface area contributed by atoms with Gasteiger partial charge in [-0.25, -0.2) is 13.4 Å². The minimum absolute atomic E-state index is 0.000714. The lowest BCUT2D eigenvalue weighted by atomic mass is 10.1. The smallest absolute Gasteiger partial charge is 0.323 e. The Morgan fingerprint density at radius 2 is 1.36 bits per heavy atom. The number of fused-ring (bicyclic) bond motifs is 1. The summed E-state index contributed by atoms with van der Waals surface area (Å²) in [4.78, 5) is 103. The number of amides is 4. The number of carboxylic acids is 2. The van der Waals surface area contributed by atoms with E-state index in [1.807, 2.05) is 4.90 Å². The van der Waals surface area contributed by atoms with Gasteiger partial charge in [0.2, 0.25) is 33.2 Å². The Labute approximate surface area is 526 Å². The van der Waals surface area contributed by atoms with Gasteiger partial charge in [-0.3, -0.25) is 53.2 Å². The summed E-state index contributed by atoms with van der Waals surface area (Å²) in [5, 5.41) is 33.8. The van der Waals surface area contributed by atoms with Gasteiger partial charge in [0.05, 0.1) is 56.5 Å². The number of aliphatic carboxylic acids is 2. The van der Waals surface area contributed by atoms with Gasteiger partial charge in [-0.05, 0) is 99.9 Å². The summed E-state index contributed by atoms with van der Waals surface area (Å²) < 4.78 is 53.7. The second kappa shape index (κ2) is 39.2. The number of aromatic nitrogens is 3. The summed E-state index contributed by atoms with van der Waals surface area (Å²) in [6.45, 7) is 9.76. The lowest BCUT2D eigenvalue weighted by Crippen LogP contribution is -2.51. The van der Waals surface area contributed by atoms with Crippen LogP contribution in [0.5, 0.6) is 5.75 Å². The van der Waals surface area contributed by atoms with Crippen molar-refractivity contribution >= 4 is 62.4 Å². The zero-order valence-electron chi connectivity index (χ0n) is 51.8. The number of hydrogen-bond acceptors (Lipinski definition) is 20. The van der Waals surface area contributed by atoms with Gasteiger partial charge in [0.1, 0.15) is 23.4 Å². The SMILES string of the molecule is [CH]N1CCN([CH])CCN(CC(=O)N[C@H](CCCCN)C(=O)NCCCOCCOCCOCCCNC(=O)CCCOc2cc(C)c(S(=O)(=O)NC(CNC(=O)c3cn(C)c4cc(CNc5ncc[nH]5)ccc4c3=O)C(=O)O)c(C)c2)CCN(CC(=O)O)CC1. The van der Waals surface area contributed by atoms with Crippen molar-refractivity contribution in [1.82, 2.24) is 60.1 Å². The monoisotopic (exact) mass is 1280 g/mol. The minimum atomic E-state index is -4.46. The molecule has 496 valence electrons. The zero-order chi connectivity index (χ0) is 65.4. The number of anilines is 1. The molecule has 2 aromatic heterocycles. The number of nitrogens with zero attached hydrogens (tertiary/aromatic N) is 6. The Hall–Kier alpha value is -7.13. The minimum Gasteiger partial charge on any atom is -0.494 e. The molecule has 4 amide bonds. The maximum atomic E-state index is 13.6. The molecule has 1 aliphatic heterocycles. The molecule has 4 aromatic rings.